The van der Waals surface area contributed by atoms with E-state index in [4.69, 9.17) is 0 Å². The van der Waals surface area contributed by atoms with E-state index in [-0.39, 0.29) is 0 Å². The lowest BCUT2D eigenvalue weighted by atomic mass is 10.2. The van der Waals surface area contributed by atoms with E-state index in [9.17, 15) is 0 Å². The predicted molar refractivity (Wildman–Crippen MR) is 78.3 cm³/mol. The van der Waals surface area contributed by atoms with Crippen LogP contribution < -0.4 is 5.32 Å². The number of aromatic nitrogens is 4. The lowest BCUT2D eigenvalue weighted by Crippen LogP contribution is -2.22. The lowest BCUT2D eigenvalue weighted by molar-refractivity contribution is 0.509. The van der Waals surface area contributed by atoms with Gasteiger partial charge in [0.1, 0.15) is 0 Å². The number of nitrogens with one attached hydrogen (secondary N) is 1. The van der Waals surface area contributed by atoms with Gasteiger partial charge >= 0.3 is 0 Å². The van der Waals surface area contributed by atoms with E-state index in [0.717, 1.165) is 30.0 Å². The summed E-state index contributed by atoms with van der Waals surface area (Å²) in [6.07, 6.45) is 9.26. The highest BCUT2D eigenvalue weighted by atomic mass is 32.2. The van der Waals surface area contributed by atoms with E-state index >= 15 is 0 Å². The van der Waals surface area contributed by atoms with Gasteiger partial charge in [-0.1, -0.05) is 44.4 Å². The Balaban J connectivity index is 1.58. The molecule has 1 saturated carbocycles. The van der Waals surface area contributed by atoms with Crippen molar-refractivity contribution in [2.75, 3.05) is 12.3 Å². The minimum atomic E-state index is 0.756. The van der Waals surface area contributed by atoms with Gasteiger partial charge in [0.2, 0.25) is 5.16 Å². The summed E-state index contributed by atoms with van der Waals surface area (Å²) in [6.45, 7) is 4.10. The van der Waals surface area contributed by atoms with E-state index < -0.39 is 0 Å². The van der Waals surface area contributed by atoms with Crippen molar-refractivity contribution in [3.63, 3.8) is 0 Å². The molecule has 1 aromatic heterocycles. The first-order valence-corrected chi connectivity index (χ1v) is 8.51. The number of unbranched alkanes of at least 4 members (excludes halogenated alkanes) is 4. The molecule has 1 aliphatic carbocycles. The first-order valence-electron chi connectivity index (χ1n) is 7.52. The number of hydrogen-bond donors (Lipinski definition) is 1. The van der Waals surface area contributed by atoms with Gasteiger partial charge in [-0.25, -0.2) is 4.68 Å². The topological polar surface area (TPSA) is 55.6 Å². The second kappa shape index (κ2) is 8.53. The average Bonchev–Trinajstić information content (AvgIpc) is 3.13. The summed E-state index contributed by atoms with van der Waals surface area (Å²) < 4.78 is 1.92. The van der Waals surface area contributed by atoms with Crippen molar-refractivity contribution >= 4 is 11.8 Å². The van der Waals surface area contributed by atoms with Crippen LogP contribution in [-0.4, -0.2) is 38.5 Å². The summed E-state index contributed by atoms with van der Waals surface area (Å²) >= 11 is 1.79. The van der Waals surface area contributed by atoms with Gasteiger partial charge in [-0.2, -0.15) is 0 Å². The highest BCUT2D eigenvalue weighted by Gasteiger charge is 2.19. The third-order valence-corrected chi connectivity index (χ3v) is 4.36. The van der Waals surface area contributed by atoms with Crippen LogP contribution in [0.5, 0.6) is 0 Å². The molecule has 1 N–H and O–H groups in total. The Labute approximate surface area is 119 Å². The second-order valence-electron chi connectivity index (χ2n) is 5.18. The third kappa shape index (κ3) is 5.91. The number of nitrogens with zero attached hydrogens (tertiary/aromatic N) is 4. The molecule has 0 bridgehead atoms. The van der Waals surface area contributed by atoms with Crippen LogP contribution in [0.25, 0.3) is 0 Å². The fourth-order valence-corrected chi connectivity index (χ4v) is 2.87. The van der Waals surface area contributed by atoms with E-state index in [1.165, 1.54) is 44.9 Å². The first kappa shape index (κ1) is 14.8. The van der Waals surface area contributed by atoms with E-state index in [1.807, 2.05) is 4.68 Å². The Morgan fingerprint density at radius 3 is 2.89 bits per heavy atom. The number of rotatable bonds is 11. The maximum Gasteiger partial charge on any atom is 0.209 e. The van der Waals surface area contributed by atoms with E-state index in [2.05, 4.69) is 27.8 Å². The Kier molecular flexibility index (Phi) is 6.64. The fourth-order valence-electron chi connectivity index (χ4n) is 1.97. The Bertz CT molecular complexity index is 351. The van der Waals surface area contributed by atoms with Crippen molar-refractivity contribution in [1.82, 2.24) is 25.5 Å². The van der Waals surface area contributed by atoms with Crippen LogP contribution in [-0.2, 0) is 6.54 Å². The SMILES string of the molecule is CCCCCCCSc1nnnn1CCNC1CC1. The minimum absolute atomic E-state index is 0.756. The summed E-state index contributed by atoms with van der Waals surface area (Å²) in [7, 11) is 0. The molecule has 2 rings (SSSR count). The zero-order chi connectivity index (χ0) is 13.3. The molecule has 1 aromatic rings. The molecule has 1 fully saturated rings. The zero-order valence-electron chi connectivity index (χ0n) is 11.8. The summed E-state index contributed by atoms with van der Waals surface area (Å²) in [6, 6.07) is 0.756. The van der Waals surface area contributed by atoms with Gasteiger partial charge in [0.05, 0.1) is 6.54 Å². The van der Waals surface area contributed by atoms with Gasteiger partial charge in [0.15, 0.2) is 0 Å². The van der Waals surface area contributed by atoms with Gasteiger partial charge in [-0.15, -0.1) is 5.10 Å². The van der Waals surface area contributed by atoms with E-state index in [0.29, 0.717) is 0 Å². The van der Waals surface area contributed by atoms with Crippen LogP contribution in [0, 0.1) is 0 Å². The first-order chi connectivity index (χ1) is 9.40. The second-order valence-corrected chi connectivity index (χ2v) is 6.24. The third-order valence-electron chi connectivity index (χ3n) is 3.31. The number of tetrazole rings is 1. The Morgan fingerprint density at radius 2 is 2.11 bits per heavy atom. The van der Waals surface area contributed by atoms with Crippen LogP contribution in [0.1, 0.15) is 51.9 Å². The van der Waals surface area contributed by atoms with Crippen molar-refractivity contribution in [2.24, 2.45) is 0 Å². The van der Waals surface area contributed by atoms with Crippen molar-refractivity contribution < 1.29 is 0 Å². The predicted octanol–water partition coefficient (Wildman–Crippen LogP) is 2.49. The molecule has 0 saturated heterocycles. The molecule has 0 atom stereocenters. The average molecular weight is 283 g/mol. The van der Waals surface area contributed by atoms with Gasteiger partial charge in [0, 0.05) is 18.3 Å². The van der Waals surface area contributed by atoms with Crippen LogP contribution in [0.2, 0.25) is 0 Å². The molecule has 0 radical (unpaired) electrons. The summed E-state index contributed by atoms with van der Waals surface area (Å²) in [5.74, 6) is 1.13. The van der Waals surface area contributed by atoms with Crippen molar-refractivity contribution in [3.05, 3.63) is 0 Å². The summed E-state index contributed by atoms with van der Waals surface area (Å²) in [4.78, 5) is 0. The van der Waals surface area contributed by atoms with Crippen LogP contribution in [0.15, 0.2) is 5.16 Å². The molecule has 5 nitrogen and oxygen atoms in total. The molecule has 0 aromatic carbocycles. The molecule has 6 heteroatoms. The monoisotopic (exact) mass is 283 g/mol. The van der Waals surface area contributed by atoms with Crippen LogP contribution in [0.4, 0.5) is 0 Å². The van der Waals surface area contributed by atoms with Gasteiger partial charge < -0.3 is 5.32 Å². The van der Waals surface area contributed by atoms with Crippen molar-refractivity contribution in [3.8, 4) is 0 Å². The molecule has 1 aliphatic rings. The molecule has 108 valence electrons. The molecule has 19 heavy (non-hydrogen) atoms. The Hall–Kier alpha value is -0.620. The van der Waals surface area contributed by atoms with Gasteiger partial charge in [-0.05, 0) is 29.7 Å². The largest absolute Gasteiger partial charge is 0.312 e. The van der Waals surface area contributed by atoms with E-state index in [1.54, 1.807) is 11.8 Å². The molecular weight excluding hydrogens is 258 g/mol. The lowest BCUT2D eigenvalue weighted by Gasteiger charge is -2.05. The zero-order valence-corrected chi connectivity index (χ0v) is 12.7. The molecular formula is C13H25N5S. The normalized spacial score (nSPS) is 15.0. The van der Waals surface area contributed by atoms with Crippen LogP contribution in [0.3, 0.4) is 0 Å². The van der Waals surface area contributed by atoms with Crippen molar-refractivity contribution in [2.45, 2.75) is 69.6 Å². The van der Waals surface area contributed by atoms with Crippen LogP contribution >= 0.6 is 11.8 Å². The van der Waals surface area contributed by atoms with Crippen molar-refractivity contribution in [1.29, 1.82) is 0 Å². The van der Waals surface area contributed by atoms with Gasteiger partial charge in [-0.3, -0.25) is 0 Å². The maximum absolute atomic E-state index is 4.10. The summed E-state index contributed by atoms with van der Waals surface area (Å²) in [5.41, 5.74) is 0. The molecule has 0 aliphatic heterocycles. The highest BCUT2D eigenvalue weighted by molar-refractivity contribution is 7.99. The smallest absolute Gasteiger partial charge is 0.209 e. The minimum Gasteiger partial charge on any atom is -0.312 e. The molecule has 1 heterocycles. The summed E-state index contributed by atoms with van der Waals surface area (Å²) in [5, 5.41) is 16.4. The molecule has 0 amide bonds. The number of hydrogen-bond acceptors (Lipinski definition) is 5. The fraction of sp³-hybridized carbons (Fsp3) is 0.923. The quantitative estimate of drug-likeness (QED) is 0.499. The molecule has 0 spiro atoms. The van der Waals surface area contributed by atoms with Gasteiger partial charge in [0.25, 0.3) is 0 Å². The Morgan fingerprint density at radius 1 is 1.26 bits per heavy atom. The molecule has 0 unspecified atom stereocenters. The standard InChI is InChI=1S/C13H25N5S/c1-2-3-4-5-6-11-19-13-15-16-17-18(13)10-9-14-12-7-8-12/h12,14H,2-11H2,1H3. The highest BCUT2D eigenvalue weighted by Crippen LogP contribution is 2.19. The number of thioether (sulfide) groups is 1. The maximum atomic E-state index is 4.10.